The first-order valence-corrected chi connectivity index (χ1v) is 7.06. The summed E-state index contributed by atoms with van der Waals surface area (Å²) in [6.45, 7) is 2.30. The Balaban J connectivity index is 2.65. The molecule has 0 aromatic heterocycles. The molecule has 16 heavy (non-hydrogen) atoms. The van der Waals surface area contributed by atoms with Crippen LogP contribution in [-0.2, 0) is 10.8 Å². The molecule has 5 heteroatoms. The van der Waals surface area contributed by atoms with E-state index in [0.717, 1.165) is 10.5 Å². The molecule has 0 radical (unpaired) electrons. The molecule has 0 saturated heterocycles. The maximum Gasteiger partial charge on any atom is 0.251 e. The van der Waals surface area contributed by atoms with Gasteiger partial charge in [-0.15, -0.1) is 12.6 Å². The van der Waals surface area contributed by atoms with Gasteiger partial charge in [0.25, 0.3) is 5.91 Å². The second-order valence-corrected chi connectivity index (χ2v) is 5.60. The van der Waals surface area contributed by atoms with E-state index in [-0.39, 0.29) is 5.91 Å². The third kappa shape index (κ3) is 3.98. The zero-order valence-electron chi connectivity index (χ0n) is 9.32. The van der Waals surface area contributed by atoms with Crippen LogP contribution in [0, 0.1) is 6.92 Å². The van der Waals surface area contributed by atoms with Gasteiger partial charge in [0.15, 0.2) is 0 Å². The van der Waals surface area contributed by atoms with E-state index in [1.807, 2.05) is 19.1 Å². The summed E-state index contributed by atoms with van der Waals surface area (Å²) in [6.07, 6.45) is 1.62. The highest BCUT2D eigenvalue weighted by Gasteiger charge is 2.08. The average Bonchev–Trinajstić information content (AvgIpc) is 2.21. The summed E-state index contributed by atoms with van der Waals surface area (Å²) in [5.41, 5.74) is 1.53. The lowest BCUT2D eigenvalue weighted by Gasteiger charge is -2.07. The van der Waals surface area contributed by atoms with E-state index < -0.39 is 10.8 Å². The molecule has 0 bridgehead atoms. The molecular formula is C11H15NO2S2. The number of rotatable bonds is 4. The number of carbonyl (C=O) groups excluding carboxylic acids is 1. The molecule has 1 unspecified atom stereocenters. The number of hydrogen-bond acceptors (Lipinski definition) is 3. The van der Waals surface area contributed by atoms with Crippen LogP contribution in [0.2, 0.25) is 0 Å². The molecule has 1 N–H and O–H groups in total. The monoisotopic (exact) mass is 257 g/mol. The predicted molar refractivity (Wildman–Crippen MR) is 69.7 cm³/mol. The van der Waals surface area contributed by atoms with Crippen LogP contribution in [0.15, 0.2) is 23.1 Å². The van der Waals surface area contributed by atoms with E-state index >= 15 is 0 Å². The number of carbonyl (C=O) groups is 1. The Morgan fingerprint density at radius 3 is 2.81 bits per heavy atom. The third-order valence-corrected chi connectivity index (χ3v) is 3.20. The number of benzene rings is 1. The van der Waals surface area contributed by atoms with Gasteiger partial charge in [-0.05, 0) is 24.6 Å². The molecule has 0 aliphatic carbocycles. The largest absolute Gasteiger partial charge is 0.351 e. The molecule has 0 heterocycles. The first-order chi connectivity index (χ1) is 7.50. The van der Waals surface area contributed by atoms with Gasteiger partial charge in [-0.2, -0.15) is 0 Å². The normalized spacial score (nSPS) is 12.2. The molecule has 0 aliphatic rings. The van der Waals surface area contributed by atoms with Crippen LogP contribution in [0.25, 0.3) is 0 Å². The number of hydrogen-bond donors (Lipinski definition) is 2. The average molecular weight is 257 g/mol. The molecule has 1 aromatic carbocycles. The van der Waals surface area contributed by atoms with Crippen LogP contribution in [0.4, 0.5) is 0 Å². The quantitative estimate of drug-likeness (QED) is 0.801. The van der Waals surface area contributed by atoms with E-state index in [2.05, 4.69) is 17.9 Å². The van der Waals surface area contributed by atoms with Crippen molar-refractivity contribution in [2.24, 2.45) is 0 Å². The summed E-state index contributed by atoms with van der Waals surface area (Å²) in [6, 6.07) is 5.43. The Morgan fingerprint density at radius 1 is 1.50 bits per heavy atom. The SMILES string of the molecule is Cc1ccc(S)cc1C(=O)NCCS(C)=O. The minimum absolute atomic E-state index is 0.140. The van der Waals surface area contributed by atoms with Crippen molar-refractivity contribution in [2.45, 2.75) is 11.8 Å². The zero-order valence-corrected chi connectivity index (χ0v) is 11.0. The lowest BCUT2D eigenvalue weighted by molar-refractivity contribution is 0.0955. The molecular weight excluding hydrogens is 242 g/mol. The van der Waals surface area contributed by atoms with Crippen LogP contribution < -0.4 is 5.32 Å². The van der Waals surface area contributed by atoms with E-state index in [9.17, 15) is 9.00 Å². The zero-order chi connectivity index (χ0) is 12.1. The molecule has 0 saturated carbocycles. The number of amides is 1. The highest BCUT2D eigenvalue weighted by molar-refractivity contribution is 7.84. The van der Waals surface area contributed by atoms with Gasteiger partial charge in [0, 0.05) is 39.8 Å². The topological polar surface area (TPSA) is 46.2 Å². The van der Waals surface area contributed by atoms with Crippen molar-refractivity contribution in [2.75, 3.05) is 18.6 Å². The molecule has 1 amide bonds. The van der Waals surface area contributed by atoms with E-state index in [0.29, 0.717) is 17.9 Å². The van der Waals surface area contributed by atoms with Gasteiger partial charge in [-0.25, -0.2) is 0 Å². The summed E-state index contributed by atoms with van der Waals surface area (Å²) in [4.78, 5) is 12.5. The fourth-order valence-electron chi connectivity index (χ4n) is 1.26. The smallest absolute Gasteiger partial charge is 0.251 e. The van der Waals surface area contributed by atoms with Crippen molar-refractivity contribution in [3.8, 4) is 0 Å². The van der Waals surface area contributed by atoms with Crippen molar-refractivity contribution in [1.82, 2.24) is 5.32 Å². The highest BCUT2D eigenvalue weighted by Crippen LogP contribution is 2.13. The summed E-state index contributed by atoms with van der Waals surface area (Å²) < 4.78 is 10.8. The van der Waals surface area contributed by atoms with Crippen LogP contribution in [-0.4, -0.2) is 28.7 Å². The molecule has 3 nitrogen and oxygen atoms in total. The first-order valence-electron chi connectivity index (χ1n) is 4.88. The Hall–Kier alpha value is -0.810. The minimum atomic E-state index is -0.878. The Bertz CT molecular complexity index is 418. The van der Waals surface area contributed by atoms with Crippen molar-refractivity contribution in [3.63, 3.8) is 0 Å². The van der Waals surface area contributed by atoms with Crippen LogP contribution >= 0.6 is 12.6 Å². The Morgan fingerprint density at radius 2 is 2.19 bits per heavy atom. The van der Waals surface area contributed by atoms with Crippen LogP contribution in [0.1, 0.15) is 15.9 Å². The summed E-state index contributed by atoms with van der Waals surface area (Å²) >= 11 is 4.19. The molecule has 0 aliphatic heterocycles. The van der Waals surface area contributed by atoms with Crippen molar-refractivity contribution in [1.29, 1.82) is 0 Å². The number of thiol groups is 1. The van der Waals surface area contributed by atoms with E-state index in [4.69, 9.17) is 0 Å². The maximum atomic E-state index is 11.8. The van der Waals surface area contributed by atoms with Gasteiger partial charge in [-0.1, -0.05) is 6.07 Å². The van der Waals surface area contributed by atoms with Crippen molar-refractivity contribution >= 4 is 29.3 Å². The number of nitrogens with one attached hydrogen (secondary N) is 1. The fourth-order valence-corrected chi connectivity index (χ4v) is 1.85. The summed E-state index contributed by atoms with van der Waals surface area (Å²) in [7, 11) is -0.878. The van der Waals surface area contributed by atoms with E-state index in [1.165, 1.54) is 0 Å². The highest BCUT2D eigenvalue weighted by atomic mass is 32.2. The Kier molecular flexibility index (Phi) is 5.02. The summed E-state index contributed by atoms with van der Waals surface area (Å²) in [5, 5.41) is 2.73. The molecule has 1 aromatic rings. The van der Waals surface area contributed by atoms with Crippen LogP contribution in [0.3, 0.4) is 0 Å². The molecule has 0 spiro atoms. The summed E-state index contributed by atoms with van der Waals surface area (Å²) in [5.74, 6) is 0.338. The first kappa shape index (κ1) is 13.3. The fraction of sp³-hybridized carbons (Fsp3) is 0.364. The lowest BCUT2D eigenvalue weighted by Crippen LogP contribution is -2.28. The van der Waals surface area contributed by atoms with Crippen molar-refractivity contribution in [3.05, 3.63) is 29.3 Å². The standard InChI is InChI=1S/C11H15NO2S2/c1-8-3-4-9(15)7-10(8)11(13)12-5-6-16(2)14/h3-4,7,15H,5-6H2,1-2H3,(H,12,13). The van der Waals surface area contributed by atoms with Gasteiger partial charge in [0.2, 0.25) is 0 Å². The van der Waals surface area contributed by atoms with Crippen molar-refractivity contribution < 1.29 is 9.00 Å². The predicted octanol–water partition coefficient (Wildman–Crippen LogP) is 1.39. The van der Waals surface area contributed by atoms with Gasteiger partial charge in [0.1, 0.15) is 0 Å². The third-order valence-electron chi connectivity index (χ3n) is 2.14. The van der Waals surface area contributed by atoms with Gasteiger partial charge < -0.3 is 5.32 Å². The van der Waals surface area contributed by atoms with Crippen LogP contribution in [0.5, 0.6) is 0 Å². The van der Waals surface area contributed by atoms with E-state index in [1.54, 1.807) is 12.3 Å². The Labute approximate surface area is 103 Å². The minimum Gasteiger partial charge on any atom is -0.351 e. The molecule has 88 valence electrons. The maximum absolute atomic E-state index is 11.8. The lowest BCUT2D eigenvalue weighted by atomic mass is 10.1. The second kappa shape index (κ2) is 6.06. The van der Waals surface area contributed by atoms with Gasteiger partial charge in [-0.3, -0.25) is 9.00 Å². The molecule has 0 fully saturated rings. The second-order valence-electron chi connectivity index (χ2n) is 3.53. The number of aryl methyl sites for hydroxylation is 1. The van der Waals surface area contributed by atoms with Gasteiger partial charge in [0.05, 0.1) is 0 Å². The van der Waals surface area contributed by atoms with Gasteiger partial charge >= 0.3 is 0 Å². The molecule has 1 atom stereocenters. The molecule has 1 rings (SSSR count).